The fourth-order valence-electron chi connectivity index (χ4n) is 3.58. The largest absolute Gasteiger partial charge is 0.301 e. The second-order valence-electron chi connectivity index (χ2n) is 7.74. The van der Waals surface area contributed by atoms with Gasteiger partial charge in [0, 0.05) is 6.54 Å². The molecule has 3 fully saturated rings. The first-order valence-electron chi connectivity index (χ1n) is 8.39. The van der Waals surface area contributed by atoms with Crippen molar-refractivity contribution in [3.05, 3.63) is 35.1 Å². The summed E-state index contributed by atoms with van der Waals surface area (Å²) in [4.78, 5) is 7.02. The van der Waals surface area contributed by atoms with Crippen molar-refractivity contribution in [3.63, 3.8) is 0 Å². The molecule has 1 aromatic carbocycles. The molecule has 23 heavy (non-hydrogen) atoms. The second kappa shape index (κ2) is 6.21. The average molecular weight is 319 g/mol. The molecule has 2 bridgehead atoms. The van der Waals surface area contributed by atoms with Gasteiger partial charge in [0.15, 0.2) is 5.84 Å². The van der Waals surface area contributed by atoms with Gasteiger partial charge < -0.3 is 4.90 Å². The normalized spacial score (nSPS) is 28.0. The highest BCUT2D eigenvalue weighted by molar-refractivity contribution is 5.98. The minimum absolute atomic E-state index is 0.112. The van der Waals surface area contributed by atoms with E-state index in [4.69, 9.17) is 0 Å². The van der Waals surface area contributed by atoms with E-state index < -0.39 is 0 Å². The molecule has 1 aromatic rings. The summed E-state index contributed by atoms with van der Waals surface area (Å²) >= 11 is 0. The molecule has 1 atom stereocenters. The number of hydrogen-bond acceptors (Lipinski definition) is 3. The van der Waals surface area contributed by atoms with Crippen molar-refractivity contribution in [1.82, 2.24) is 10.4 Å². The fraction of sp³-hybridized carbons (Fsp3) is 0.611. The number of rotatable bonds is 2. The third kappa shape index (κ3) is 3.40. The fourth-order valence-corrected chi connectivity index (χ4v) is 3.58. The van der Waals surface area contributed by atoms with Crippen LogP contribution in [0, 0.1) is 11.7 Å². The number of amidine groups is 1. The van der Waals surface area contributed by atoms with Crippen LogP contribution in [0.3, 0.4) is 0 Å². The number of fused-ring (bicyclic) bond motifs is 3. The van der Waals surface area contributed by atoms with Gasteiger partial charge in [0.05, 0.1) is 11.6 Å². The van der Waals surface area contributed by atoms with Crippen molar-refractivity contribution < 1.29 is 9.60 Å². The lowest BCUT2D eigenvalue weighted by atomic mass is 9.84. The van der Waals surface area contributed by atoms with Gasteiger partial charge in [0.1, 0.15) is 5.82 Å². The lowest BCUT2D eigenvalue weighted by Gasteiger charge is -2.43. The molecule has 3 aliphatic rings. The van der Waals surface area contributed by atoms with E-state index in [1.807, 2.05) is 26.8 Å². The van der Waals surface area contributed by atoms with E-state index in [1.54, 1.807) is 12.1 Å². The Bertz CT molecular complexity index is 601. The molecule has 0 saturated carbocycles. The Balaban J connectivity index is 1.87. The molecule has 3 saturated heterocycles. The molecule has 4 rings (SSSR count). The highest BCUT2D eigenvalue weighted by Crippen LogP contribution is 2.30. The van der Waals surface area contributed by atoms with Crippen LogP contribution in [0.1, 0.15) is 44.7 Å². The molecule has 4 nitrogen and oxygen atoms in total. The molecule has 0 radical (unpaired) electrons. The molecular formula is C18H26FN3O. The van der Waals surface area contributed by atoms with Crippen molar-refractivity contribution in [2.24, 2.45) is 10.9 Å². The molecule has 0 aliphatic carbocycles. The van der Waals surface area contributed by atoms with Gasteiger partial charge in [-0.15, -0.1) is 0 Å². The number of nitrogens with one attached hydrogen (secondary N) is 1. The number of hydrogen-bond donors (Lipinski definition) is 2. The van der Waals surface area contributed by atoms with E-state index in [0.29, 0.717) is 11.5 Å². The monoisotopic (exact) mass is 319 g/mol. The Morgan fingerprint density at radius 3 is 2.48 bits per heavy atom. The molecule has 0 amide bonds. The van der Waals surface area contributed by atoms with Crippen LogP contribution in [0.2, 0.25) is 0 Å². The minimum atomic E-state index is -0.348. The number of hydroxylamine groups is 1. The van der Waals surface area contributed by atoms with E-state index in [2.05, 4.69) is 15.4 Å². The first-order chi connectivity index (χ1) is 10.9. The van der Waals surface area contributed by atoms with Gasteiger partial charge in [0.25, 0.3) is 0 Å². The third-order valence-electron chi connectivity index (χ3n) is 5.11. The number of piperidine rings is 3. The van der Waals surface area contributed by atoms with Gasteiger partial charge in [-0.2, -0.15) is 0 Å². The first kappa shape index (κ1) is 16.4. The Morgan fingerprint density at radius 2 is 2.00 bits per heavy atom. The van der Waals surface area contributed by atoms with E-state index in [-0.39, 0.29) is 23.1 Å². The molecule has 126 valence electrons. The van der Waals surface area contributed by atoms with E-state index in [9.17, 15) is 9.60 Å². The van der Waals surface area contributed by atoms with Crippen molar-refractivity contribution in [1.29, 1.82) is 0 Å². The molecule has 5 heteroatoms. The van der Waals surface area contributed by atoms with Crippen LogP contribution in [-0.4, -0.2) is 41.6 Å². The highest BCUT2D eigenvalue weighted by atomic mass is 19.1. The predicted molar refractivity (Wildman–Crippen MR) is 89.5 cm³/mol. The topological polar surface area (TPSA) is 47.9 Å². The SMILES string of the molecule is CC(C)(C)c1ccc(C(=N[C@H]2CN3CCC2CC3)NO)c(F)c1. The predicted octanol–water partition coefficient (Wildman–Crippen LogP) is 2.94. The summed E-state index contributed by atoms with van der Waals surface area (Å²) in [5.74, 6) is 0.431. The van der Waals surface area contributed by atoms with Crippen LogP contribution in [0.25, 0.3) is 0 Å². The summed E-state index contributed by atoms with van der Waals surface area (Å²) in [6.45, 7) is 9.31. The van der Waals surface area contributed by atoms with Gasteiger partial charge in [-0.25, -0.2) is 4.39 Å². The summed E-state index contributed by atoms with van der Waals surface area (Å²) in [5, 5.41) is 9.47. The van der Waals surface area contributed by atoms with Crippen LogP contribution in [0.5, 0.6) is 0 Å². The van der Waals surface area contributed by atoms with Gasteiger partial charge in [-0.3, -0.25) is 15.7 Å². The second-order valence-corrected chi connectivity index (χ2v) is 7.74. The van der Waals surface area contributed by atoms with Gasteiger partial charge in [-0.05, 0) is 55.0 Å². The third-order valence-corrected chi connectivity index (χ3v) is 5.11. The summed E-state index contributed by atoms with van der Waals surface area (Å²) < 4.78 is 14.5. The Hall–Kier alpha value is -1.46. The molecule has 0 unspecified atom stereocenters. The Morgan fingerprint density at radius 1 is 1.30 bits per heavy atom. The number of halogens is 1. The lowest BCUT2D eigenvalue weighted by molar-refractivity contribution is 0.0898. The van der Waals surface area contributed by atoms with Crippen LogP contribution >= 0.6 is 0 Å². The van der Waals surface area contributed by atoms with Gasteiger partial charge >= 0.3 is 0 Å². The Kier molecular flexibility index (Phi) is 4.43. The van der Waals surface area contributed by atoms with Crippen LogP contribution in [0.4, 0.5) is 4.39 Å². The van der Waals surface area contributed by atoms with Crippen molar-refractivity contribution in [2.45, 2.75) is 45.1 Å². The van der Waals surface area contributed by atoms with E-state index in [0.717, 1.165) is 38.0 Å². The van der Waals surface area contributed by atoms with Gasteiger partial charge in [-0.1, -0.05) is 26.8 Å². The summed E-state index contributed by atoms with van der Waals surface area (Å²) in [5.41, 5.74) is 3.26. The van der Waals surface area contributed by atoms with Gasteiger partial charge in [0.2, 0.25) is 0 Å². The van der Waals surface area contributed by atoms with Crippen LogP contribution < -0.4 is 5.48 Å². The molecule has 0 aromatic heterocycles. The summed E-state index contributed by atoms with van der Waals surface area (Å²) in [6.07, 6.45) is 2.27. The molecule has 3 aliphatic heterocycles. The van der Waals surface area contributed by atoms with Crippen LogP contribution in [0.15, 0.2) is 23.2 Å². The molecule has 2 N–H and O–H groups in total. The smallest absolute Gasteiger partial charge is 0.155 e. The van der Waals surface area contributed by atoms with Crippen LogP contribution in [-0.2, 0) is 5.41 Å². The zero-order chi connectivity index (χ0) is 16.6. The Labute approximate surface area is 137 Å². The maximum Gasteiger partial charge on any atom is 0.155 e. The van der Waals surface area contributed by atoms with E-state index in [1.165, 1.54) is 0 Å². The van der Waals surface area contributed by atoms with E-state index >= 15 is 0 Å². The average Bonchev–Trinajstić information content (AvgIpc) is 2.53. The number of aliphatic imine (C=N–C) groups is 1. The minimum Gasteiger partial charge on any atom is -0.301 e. The quantitative estimate of drug-likeness (QED) is 0.500. The molecule has 0 spiro atoms. The standard InChI is InChI=1S/C18H26FN3O/c1-18(2,3)13-4-5-14(15(19)10-13)17(21-23)20-16-11-22-8-6-12(16)7-9-22/h4-5,10,12,16,23H,6-9,11H2,1-3H3,(H,20,21)/t16-/m0/s1. The van der Waals surface area contributed by atoms with Crippen molar-refractivity contribution in [3.8, 4) is 0 Å². The maximum atomic E-state index is 14.5. The summed E-state index contributed by atoms with van der Waals surface area (Å²) in [6, 6.07) is 5.29. The molecular weight excluding hydrogens is 293 g/mol. The van der Waals surface area contributed by atoms with Crippen molar-refractivity contribution >= 4 is 5.84 Å². The zero-order valence-electron chi connectivity index (χ0n) is 14.1. The van der Waals surface area contributed by atoms with Crippen molar-refractivity contribution in [2.75, 3.05) is 19.6 Å². The maximum absolute atomic E-state index is 14.5. The number of benzene rings is 1. The lowest BCUT2D eigenvalue weighted by Crippen LogP contribution is -2.50. The first-order valence-corrected chi connectivity index (χ1v) is 8.39. The number of nitrogens with zero attached hydrogens (tertiary/aromatic N) is 2. The summed E-state index contributed by atoms with van der Waals surface area (Å²) in [7, 11) is 0. The zero-order valence-corrected chi connectivity index (χ0v) is 14.1. The highest BCUT2D eigenvalue weighted by Gasteiger charge is 2.34. The molecule has 3 heterocycles.